The van der Waals surface area contributed by atoms with Gasteiger partial charge >= 0.3 is 0 Å². The zero-order valence-electron chi connectivity index (χ0n) is 10.4. The van der Waals surface area contributed by atoms with Crippen LogP contribution in [0.15, 0.2) is 0 Å². The summed E-state index contributed by atoms with van der Waals surface area (Å²) >= 11 is 0. The molecule has 0 aliphatic carbocycles. The highest BCUT2D eigenvalue weighted by Crippen LogP contribution is 2.08. The molecule has 5 nitrogen and oxygen atoms in total. The number of nitrogens with zero attached hydrogens (tertiary/aromatic N) is 2. The number of carbonyl (C=O) groups is 1. The molecule has 1 aliphatic rings. The van der Waals surface area contributed by atoms with Gasteiger partial charge in [-0.15, -0.1) is 0 Å². The third-order valence-electron chi connectivity index (χ3n) is 2.60. The Morgan fingerprint density at radius 2 is 1.88 bits per heavy atom. The van der Waals surface area contributed by atoms with Gasteiger partial charge in [0.25, 0.3) is 0 Å². The molecule has 1 fully saturated rings. The van der Waals surface area contributed by atoms with Crippen LogP contribution in [-0.4, -0.2) is 72.9 Å². The zero-order chi connectivity index (χ0) is 12.2. The van der Waals surface area contributed by atoms with Crippen LogP contribution >= 0.6 is 0 Å². The quantitative estimate of drug-likeness (QED) is 0.710. The lowest BCUT2D eigenvalue weighted by atomic mass is 10.1. The van der Waals surface area contributed by atoms with Crippen LogP contribution in [0.4, 0.5) is 0 Å². The predicted octanol–water partition coefficient (Wildman–Crippen LogP) is -0.452. The SMILES string of the molecule is COCC(=O)N1CCN(CC(C)(C)O)CC1. The van der Waals surface area contributed by atoms with E-state index in [0.717, 1.165) is 26.2 Å². The van der Waals surface area contributed by atoms with Gasteiger partial charge in [0.2, 0.25) is 5.91 Å². The van der Waals surface area contributed by atoms with Crippen LogP contribution in [0.1, 0.15) is 13.8 Å². The number of piperazine rings is 1. The van der Waals surface area contributed by atoms with Crippen LogP contribution in [-0.2, 0) is 9.53 Å². The van der Waals surface area contributed by atoms with Crippen LogP contribution < -0.4 is 0 Å². The molecule has 5 heteroatoms. The summed E-state index contributed by atoms with van der Waals surface area (Å²) in [5.41, 5.74) is -0.668. The summed E-state index contributed by atoms with van der Waals surface area (Å²) in [5.74, 6) is 0.0467. The van der Waals surface area contributed by atoms with Crippen molar-refractivity contribution >= 4 is 5.91 Å². The van der Waals surface area contributed by atoms with Crippen molar-refractivity contribution < 1.29 is 14.6 Å². The maximum absolute atomic E-state index is 11.5. The summed E-state index contributed by atoms with van der Waals surface area (Å²) in [6.07, 6.45) is 0. The molecule has 1 rings (SSSR count). The predicted molar refractivity (Wildman–Crippen MR) is 61.2 cm³/mol. The molecular weight excluding hydrogens is 208 g/mol. The maximum atomic E-state index is 11.5. The minimum absolute atomic E-state index is 0.0467. The lowest BCUT2D eigenvalue weighted by Gasteiger charge is -2.37. The normalized spacial score (nSPS) is 18.9. The molecule has 0 aromatic rings. The van der Waals surface area contributed by atoms with Crippen molar-refractivity contribution in [2.45, 2.75) is 19.4 Å². The number of amides is 1. The fourth-order valence-electron chi connectivity index (χ4n) is 1.92. The molecule has 0 bridgehead atoms. The highest BCUT2D eigenvalue weighted by molar-refractivity contribution is 5.77. The molecule has 0 radical (unpaired) electrons. The molecular formula is C11H22N2O3. The van der Waals surface area contributed by atoms with E-state index in [2.05, 4.69) is 4.90 Å². The standard InChI is InChI=1S/C11H22N2O3/c1-11(2,15)9-12-4-6-13(7-5-12)10(14)8-16-3/h15H,4-9H2,1-3H3. The first-order chi connectivity index (χ1) is 7.42. The summed E-state index contributed by atoms with van der Waals surface area (Å²) < 4.78 is 4.82. The maximum Gasteiger partial charge on any atom is 0.248 e. The number of hydrogen-bond acceptors (Lipinski definition) is 4. The molecule has 16 heavy (non-hydrogen) atoms. The highest BCUT2D eigenvalue weighted by Gasteiger charge is 2.24. The van der Waals surface area contributed by atoms with E-state index >= 15 is 0 Å². The molecule has 94 valence electrons. The number of ether oxygens (including phenoxy) is 1. The Morgan fingerprint density at radius 3 is 2.31 bits per heavy atom. The fraction of sp³-hybridized carbons (Fsp3) is 0.909. The monoisotopic (exact) mass is 230 g/mol. The highest BCUT2D eigenvalue weighted by atomic mass is 16.5. The van der Waals surface area contributed by atoms with E-state index in [1.165, 1.54) is 7.11 Å². The van der Waals surface area contributed by atoms with Crippen molar-refractivity contribution in [3.05, 3.63) is 0 Å². The van der Waals surface area contributed by atoms with Gasteiger partial charge < -0.3 is 14.7 Å². The number of aliphatic hydroxyl groups is 1. The van der Waals surface area contributed by atoms with Crippen molar-refractivity contribution in [1.29, 1.82) is 0 Å². The molecule has 0 spiro atoms. The Balaban J connectivity index is 2.31. The number of methoxy groups -OCH3 is 1. The minimum Gasteiger partial charge on any atom is -0.389 e. The Labute approximate surface area is 97.0 Å². The first-order valence-electron chi connectivity index (χ1n) is 5.64. The van der Waals surface area contributed by atoms with Gasteiger partial charge in [0, 0.05) is 39.8 Å². The van der Waals surface area contributed by atoms with E-state index in [1.54, 1.807) is 13.8 Å². The van der Waals surface area contributed by atoms with Crippen LogP contribution in [0.25, 0.3) is 0 Å². The molecule has 1 aliphatic heterocycles. The zero-order valence-corrected chi connectivity index (χ0v) is 10.4. The second-order valence-electron chi connectivity index (χ2n) is 4.90. The smallest absolute Gasteiger partial charge is 0.248 e. The van der Waals surface area contributed by atoms with E-state index in [4.69, 9.17) is 4.74 Å². The van der Waals surface area contributed by atoms with Gasteiger partial charge in [-0.05, 0) is 13.8 Å². The molecule has 1 saturated heterocycles. The van der Waals surface area contributed by atoms with Gasteiger partial charge in [0.15, 0.2) is 0 Å². The van der Waals surface area contributed by atoms with Crippen LogP contribution in [0.2, 0.25) is 0 Å². The molecule has 0 unspecified atom stereocenters. The summed E-state index contributed by atoms with van der Waals surface area (Å²) in [5, 5.41) is 9.69. The summed E-state index contributed by atoms with van der Waals surface area (Å²) in [6.45, 7) is 7.49. The van der Waals surface area contributed by atoms with Crippen molar-refractivity contribution in [3.63, 3.8) is 0 Å². The Bertz CT molecular complexity index is 230. The van der Waals surface area contributed by atoms with Gasteiger partial charge in [-0.3, -0.25) is 9.69 Å². The molecule has 0 saturated carbocycles. The summed E-state index contributed by atoms with van der Waals surface area (Å²) in [7, 11) is 1.53. The number of β-amino-alcohol motifs (C(OH)–C–C–N with tert-alkyl or cyclic N) is 1. The van der Waals surface area contributed by atoms with E-state index in [9.17, 15) is 9.90 Å². The van der Waals surface area contributed by atoms with Crippen LogP contribution in [0, 0.1) is 0 Å². The topological polar surface area (TPSA) is 53.0 Å². The third kappa shape index (κ3) is 4.47. The van der Waals surface area contributed by atoms with Gasteiger partial charge in [-0.2, -0.15) is 0 Å². The first kappa shape index (κ1) is 13.4. The van der Waals surface area contributed by atoms with E-state index < -0.39 is 5.60 Å². The van der Waals surface area contributed by atoms with E-state index in [-0.39, 0.29) is 12.5 Å². The van der Waals surface area contributed by atoms with Gasteiger partial charge in [0.1, 0.15) is 6.61 Å². The molecule has 1 heterocycles. The van der Waals surface area contributed by atoms with Gasteiger partial charge in [0.05, 0.1) is 5.60 Å². The lowest BCUT2D eigenvalue weighted by Crippen LogP contribution is -2.52. The third-order valence-corrected chi connectivity index (χ3v) is 2.60. The first-order valence-corrected chi connectivity index (χ1v) is 5.64. The van der Waals surface area contributed by atoms with Crippen molar-refractivity contribution in [3.8, 4) is 0 Å². The summed E-state index contributed by atoms with van der Waals surface area (Å²) in [6, 6.07) is 0. The Kier molecular flexibility index (Phi) is 4.70. The average molecular weight is 230 g/mol. The molecule has 1 N–H and O–H groups in total. The van der Waals surface area contributed by atoms with Crippen molar-refractivity contribution in [2.24, 2.45) is 0 Å². The second kappa shape index (κ2) is 5.61. The number of hydrogen-bond donors (Lipinski definition) is 1. The van der Waals surface area contributed by atoms with Gasteiger partial charge in [-0.1, -0.05) is 0 Å². The van der Waals surface area contributed by atoms with Crippen LogP contribution in [0.3, 0.4) is 0 Å². The molecule has 0 aromatic carbocycles. The van der Waals surface area contributed by atoms with Gasteiger partial charge in [-0.25, -0.2) is 0 Å². The lowest BCUT2D eigenvalue weighted by molar-refractivity contribution is -0.137. The minimum atomic E-state index is -0.668. The largest absolute Gasteiger partial charge is 0.389 e. The average Bonchev–Trinajstić information content (AvgIpc) is 2.16. The number of carbonyl (C=O) groups excluding carboxylic acids is 1. The van der Waals surface area contributed by atoms with Crippen molar-refractivity contribution in [1.82, 2.24) is 9.80 Å². The van der Waals surface area contributed by atoms with Crippen LogP contribution in [0.5, 0.6) is 0 Å². The van der Waals surface area contributed by atoms with E-state index in [0.29, 0.717) is 6.54 Å². The Morgan fingerprint density at radius 1 is 1.31 bits per heavy atom. The Hall–Kier alpha value is -0.650. The molecule has 0 aromatic heterocycles. The fourth-order valence-corrected chi connectivity index (χ4v) is 1.92. The van der Waals surface area contributed by atoms with E-state index in [1.807, 2.05) is 4.90 Å². The number of rotatable bonds is 4. The molecule has 1 amide bonds. The summed E-state index contributed by atoms with van der Waals surface area (Å²) in [4.78, 5) is 15.5. The van der Waals surface area contributed by atoms with Crippen molar-refractivity contribution in [2.75, 3.05) is 46.4 Å². The second-order valence-corrected chi connectivity index (χ2v) is 4.90. The molecule has 0 atom stereocenters.